The zero-order valence-electron chi connectivity index (χ0n) is 11.3. The van der Waals surface area contributed by atoms with Crippen molar-refractivity contribution in [1.82, 2.24) is 5.32 Å². The predicted molar refractivity (Wildman–Crippen MR) is 73.0 cm³/mol. The molecule has 0 unspecified atom stereocenters. The molecule has 1 fully saturated rings. The fourth-order valence-corrected chi connectivity index (χ4v) is 2.35. The van der Waals surface area contributed by atoms with Gasteiger partial charge in [-0.05, 0) is 31.2 Å². The van der Waals surface area contributed by atoms with Crippen molar-refractivity contribution in [1.29, 1.82) is 0 Å². The number of carbonyl (C=O) groups is 2. The highest BCUT2D eigenvalue weighted by molar-refractivity contribution is 5.67. The average molecular weight is 277 g/mol. The third-order valence-electron chi connectivity index (χ3n) is 3.46. The molecule has 1 aromatic carbocycles. The number of rotatable bonds is 5. The minimum atomic E-state index is -0.395. The lowest BCUT2D eigenvalue weighted by atomic mass is 9.93. The summed E-state index contributed by atoms with van der Waals surface area (Å²) in [7, 11) is 0. The fraction of sp³-hybridized carbons (Fsp3) is 0.467. The number of alkyl carbamates (subject to hydrolysis) is 1. The summed E-state index contributed by atoms with van der Waals surface area (Å²) in [4.78, 5) is 21.9. The molecule has 1 aliphatic rings. The maximum atomic E-state index is 11.7. The summed E-state index contributed by atoms with van der Waals surface area (Å²) < 4.78 is 10.1. The second-order valence-corrected chi connectivity index (χ2v) is 4.91. The lowest BCUT2D eigenvalue weighted by Gasteiger charge is -2.27. The summed E-state index contributed by atoms with van der Waals surface area (Å²) in [6, 6.07) is 9.66. The van der Waals surface area contributed by atoms with Gasteiger partial charge in [-0.15, -0.1) is 0 Å². The Morgan fingerprint density at radius 2 is 1.90 bits per heavy atom. The van der Waals surface area contributed by atoms with Gasteiger partial charge in [-0.25, -0.2) is 4.79 Å². The van der Waals surface area contributed by atoms with Crippen LogP contribution in [0.2, 0.25) is 0 Å². The van der Waals surface area contributed by atoms with Gasteiger partial charge in [-0.3, -0.25) is 4.79 Å². The lowest BCUT2D eigenvalue weighted by Crippen LogP contribution is -2.39. The van der Waals surface area contributed by atoms with E-state index in [4.69, 9.17) is 9.47 Å². The van der Waals surface area contributed by atoms with Gasteiger partial charge in [0.1, 0.15) is 12.7 Å². The SMILES string of the molecule is O=COC1CCC(NC(=O)OCc2ccccc2)CC1. The van der Waals surface area contributed by atoms with E-state index in [2.05, 4.69) is 5.32 Å². The Hall–Kier alpha value is -2.04. The van der Waals surface area contributed by atoms with Crippen molar-refractivity contribution >= 4 is 12.6 Å². The van der Waals surface area contributed by atoms with Crippen LogP contribution in [0.3, 0.4) is 0 Å². The molecule has 5 heteroatoms. The fourth-order valence-electron chi connectivity index (χ4n) is 2.35. The molecular formula is C15H19NO4. The average Bonchev–Trinajstić information content (AvgIpc) is 2.49. The van der Waals surface area contributed by atoms with Crippen molar-refractivity contribution in [2.24, 2.45) is 0 Å². The van der Waals surface area contributed by atoms with Gasteiger partial charge in [0, 0.05) is 6.04 Å². The molecular weight excluding hydrogens is 258 g/mol. The Kier molecular flexibility index (Phi) is 5.41. The molecule has 0 spiro atoms. The van der Waals surface area contributed by atoms with Crippen LogP contribution in [0.5, 0.6) is 0 Å². The standard InChI is InChI=1S/C15H19NO4/c17-11-20-14-8-6-13(7-9-14)16-15(18)19-10-12-4-2-1-3-5-12/h1-5,11,13-14H,6-10H2,(H,16,18). The summed E-state index contributed by atoms with van der Waals surface area (Å²) >= 11 is 0. The Balaban J connectivity index is 1.66. The van der Waals surface area contributed by atoms with Gasteiger partial charge in [0.25, 0.3) is 6.47 Å². The van der Waals surface area contributed by atoms with Gasteiger partial charge in [-0.2, -0.15) is 0 Å². The van der Waals surface area contributed by atoms with Crippen LogP contribution in [-0.4, -0.2) is 24.7 Å². The second kappa shape index (κ2) is 7.53. The van der Waals surface area contributed by atoms with Gasteiger partial charge in [-0.1, -0.05) is 30.3 Å². The molecule has 0 aliphatic heterocycles. The van der Waals surface area contributed by atoms with E-state index in [0.717, 1.165) is 31.2 Å². The Labute approximate surface area is 118 Å². The Morgan fingerprint density at radius 3 is 2.55 bits per heavy atom. The van der Waals surface area contributed by atoms with Gasteiger partial charge < -0.3 is 14.8 Å². The van der Waals surface area contributed by atoms with Crippen LogP contribution in [0, 0.1) is 0 Å². The number of ether oxygens (including phenoxy) is 2. The quantitative estimate of drug-likeness (QED) is 0.839. The van der Waals surface area contributed by atoms with Crippen molar-refractivity contribution in [3.8, 4) is 0 Å². The first-order chi connectivity index (χ1) is 9.78. The molecule has 2 rings (SSSR count). The van der Waals surface area contributed by atoms with Gasteiger partial charge in [0.05, 0.1) is 0 Å². The maximum absolute atomic E-state index is 11.7. The van der Waals surface area contributed by atoms with Crippen LogP contribution >= 0.6 is 0 Å². The summed E-state index contributed by atoms with van der Waals surface area (Å²) in [6.07, 6.45) is 2.77. The zero-order chi connectivity index (χ0) is 14.2. The van der Waals surface area contributed by atoms with Crippen LogP contribution in [0.4, 0.5) is 4.79 Å². The summed E-state index contributed by atoms with van der Waals surface area (Å²) in [5.41, 5.74) is 0.964. The highest BCUT2D eigenvalue weighted by Gasteiger charge is 2.23. The van der Waals surface area contributed by atoms with Crippen molar-refractivity contribution in [3.05, 3.63) is 35.9 Å². The highest BCUT2D eigenvalue weighted by Crippen LogP contribution is 2.20. The summed E-state index contributed by atoms with van der Waals surface area (Å²) in [5.74, 6) is 0. The normalized spacial score (nSPS) is 21.8. The second-order valence-electron chi connectivity index (χ2n) is 4.91. The number of nitrogens with one attached hydrogen (secondary N) is 1. The molecule has 108 valence electrons. The molecule has 0 bridgehead atoms. The van der Waals surface area contributed by atoms with Gasteiger partial charge in [0.2, 0.25) is 0 Å². The van der Waals surface area contributed by atoms with E-state index in [0.29, 0.717) is 6.47 Å². The van der Waals surface area contributed by atoms with Crippen molar-refractivity contribution < 1.29 is 19.1 Å². The van der Waals surface area contributed by atoms with E-state index in [1.165, 1.54) is 0 Å². The van der Waals surface area contributed by atoms with Crippen LogP contribution in [-0.2, 0) is 20.9 Å². The molecule has 0 radical (unpaired) electrons. The molecule has 1 aliphatic carbocycles. The smallest absolute Gasteiger partial charge is 0.407 e. The molecule has 0 heterocycles. The maximum Gasteiger partial charge on any atom is 0.407 e. The molecule has 0 atom stereocenters. The van der Waals surface area contributed by atoms with Crippen molar-refractivity contribution in [3.63, 3.8) is 0 Å². The molecule has 5 nitrogen and oxygen atoms in total. The summed E-state index contributed by atoms with van der Waals surface area (Å²) in [6.45, 7) is 0.767. The van der Waals surface area contributed by atoms with Crippen LogP contribution in [0.1, 0.15) is 31.2 Å². The van der Waals surface area contributed by atoms with E-state index in [1.54, 1.807) is 0 Å². The monoisotopic (exact) mass is 277 g/mol. The van der Waals surface area contributed by atoms with Crippen LogP contribution in [0.25, 0.3) is 0 Å². The largest absolute Gasteiger partial charge is 0.465 e. The van der Waals surface area contributed by atoms with E-state index in [9.17, 15) is 9.59 Å². The molecule has 1 aromatic rings. The minimum absolute atomic E-state index is 0.00844. The molecule has 0 saturated heterocycles. The zero-order valence-corrected chi connectivity index (χ0v) is 11.3. The van der Waals surface area contributed by atoms with E-state index in [1.807, 2.05) is 30.3 Å². The number of amides is 1. The topological polar surface area (TPSA) is 64.6 Å². The number of hydrogen-bond donors (Lipinski definition) is 1. The van der Waals surface area contributed by atoms with Crippen LogP contribution < -0.4 is 5.32 Å². The number of benzene rings is 1. The number of carbonyl (C=O) groups excluding carboxylic acids is 2. The molecule has 1 amide bonds. The van der Waals surface area contributed by atoms with Gasteiger partial charge >= 0.3 is 6.09 Å². The molecule has 20 heavy (non-hydrogen) atoms. The minimum Gasteiger partial charge on any atom is -0.465 e. The van der Waals surface area contributed by atoms with Crippen LogP contribution in [0.15, 0.2) is 30.3 Å². The van der Waals surface area contributed by atoms with Crippen molar-refractivity contribution in [2.45, 2.75) is 44.4 Å². The van der Waals surface area contributed by atoms with E-state index >= 15 is 0 Å². The molecule has 0 aromatic heterocycles. The highest BCUT2D eigenvalue weighted by atomic mass is 16.5. The number of hydrogen-bond acceptors (Lipinski definition) is 4. The first-order valence-corrected chi connectivity index (χ1v) is 6.84. The molecule has 1 saturated carbocycles. The third-order valence-corrected chi connectivity index (χ3v) is 3.46. The summed E-state index contributed by atoms with van der Waals surface area (Å²) in [5, 5.41) is 2.85. The van der Waals surface area contributed by atoms with Crippen molar-refractivity contribution in [2.75, 3.05) is 0 Å². The Morgan fingerprint density at radius 1 is 1.20 bits per heavy atom. The lowest BCUT2D eigenvalue weighted by molar-refractivity contribution is -0.135. The Bertz CT molecular complexity index is 427. The molecule has 1 N–H and O–H groups in total. The van der Waals surface area contributed by atoms with E-state index < -0.39 is 6.09 Å². The van der Waals surface area contributed by atoms with E-state index in [-0.39, 0.29) is 18.8 Å². The van der Waals surface area contributed by atoms with Gasteiger partial charge in [0.15, 0.2) is 0 Å². The first-order valence-electron chi connectivity index (χ1n) is 6.84. The third kappa shape index (κ3) is 4.57. The predicted octanol–water partition coefficient (Wildman–Crippen LogP) is 2.40. The first kappa shape index (κ1) is 14.4.